The number of rotatable bonds is 2. The van der Waals surface area contributed by atoms with E-state index in [1.165, 1.54) is 5.56 Å². The second kappa shape index (κ2) is 3.14. The van der Waals surface area contributed by atoms with Crippen molar-refractivity contribution in [1.29, 1.82) is 0 Å². The van der Waals surface area contributed by atoms with E-state index in [1.54, 1.807) is 4.80 Å². The third kappa shape index (κ3) is 1.40. The maximum atomic E-state index is 5.50. The van der Waals surface area contributed by atoms with Crippen LogP contribution in [0, 0.1) is 0 Å². The molecular formula is C9H12N4. The highest BCUT2D eigenvalue weighted by Gasteiger charge is 2.04. The van der Waals surface area contributed by atoms with Crippen molar-refractivity contribution in [2.24, 2.45) is 12.8 Å². The highest BCUT2D eigenvalue weighted by atomic mass is 15.4. The lowest BCUT2D eigenvalue weighted by atomic mass is 10.1. The van der Waals surface area contributed by atoms with Crippen molar-refractivity contribution in [3.8, 4) is 0 Å². The van der Waals surface area contributed by atoms with E-state index in [2.05, 4.69) is 10.2 Å². The molecule has 0 aliphatic heterocycles. The average molecular weight is 176 g/mol. The summed E-state index contributed by atoms with van der Waals surface area (Å²) in [6, 6.07) is 5.99. The molecule has 2 aromatic rings. The molecule has 1 aromatic heterocycles. The van der Waals surface area contributed by atoms with Crippen LogP contribution in [0.25, 0.3) is 11.0 Å². The zero-order chi connectivity index (χ0) is 9.26. The summed E-state index contributed by atoms with van der Waals surface area (Å²) in [5.41, 5.74) is 8.58. The number of hydrogen-bond acceptors (Lipinski definition) is 3. The van der Waals surface area contributed by atoms with Crippen LogP contribution in [0.3, 0.4) is 0 Å². The zero-order valence-corrected chi connectivity index (χ0v) is 7.57. The average Bonchev–Trinajstić information content (AvgIpc) is 2.47. The summed E-state index contributed by atoms with van der Waals surface area (Å²) >= 11 is 0. The first-order chi connectivity index (χ1) is 6.31. The molecule has 0 aliphatic carbocycles. The molecule has 4 nitrogen and oxygen atoms in total. The standard InChI is InChI=1S/C9H12N4/c1-13-11-8-4-2-3-7(5-6-10)9(8)12-13/h2-4H,5-6,10H2,1H3. The summed E-state index contributed by atoms with van der Waals surface area (Å²) in [4.78, 5) is 1.59. The van der Waals surface area contributed by atoms with E-state index in [9.17, 15) is 0 Å². The van der Waals surface area contributed by atoms with Crippen LogP contribution in [-0.2, 0) is 13.5 Å². The Labute approximate surface area is 76.3 Å². The molecule has 0 bridgehead atoms. The van der Waals surface area contributed by atoms with Crippen LogP contribution < -0.4 is 5.73 Å². The van der Waals surface area contributed by atoms with Crippen molar-refractivity contribution >= 4 is 11.0 Å². The molecule has 2 rings (SSSR count). The Hall–Kier alpha value is -1.42. The Morgan fingerprint density at radius 1 is 1.38 bits per heavy atom. The van der Waals surface area contributed by atoms with Crippen LogP contribution in [0.4, 0.5) is 0 Å². The molecule has 13 heavy (non-hydrogen) atoms. The third-order valence-corrected chi connectivity index (χ3v) is 2.01. The van der Waals surface area contributed by atoms with Gasteiger partial charge < -0.3 is 5.73 Å². The first-order valence-electron chi connectivity index (χ1n) is 4.30. The number of nitrogens with zero attached hydrogens (tertiary/aromatic N) is 3. The fourth-order valence-electron chi connectivity index (χ4n) is 1.45. The van der Waals surface area contributed by atoms with Gasteiger partial charge in [-0.3, -0.25) is 0 Å². The Morgan fingerprint density at radius 3 is 3.00 bits per heavy atom. The van der Waals surface area contributed by atoms with Crippen molar-refractivity contribution in [3.63, 3.8) is 0 Å². The molecule has 0 saturated carbocycles. The quantitative estimate of drug-likeness (QED) is 0.723. The van der Waals surface area contributed by atoms with Crippen LogP contribution in [0.15, 0.2) is 18.2 Å². The number of benzene rings is 1. The highest BCUT2D eigenvalue weighted by molar-refractivity contribution is 5.77. The van der Waals surface area contributed by atoms with Crippen LogP contribution >= 0.6 is 0 Å². The molecule has 0 radical (unpaired) electrons. The van der Waals surface area contributed by atoms with E-state index in [-0.39, 0.29) is 0 Å². The van der Waals surface area contributed by atoms with Gasteiger partial charge in [-0.25, -0.2) is 0 Å². The molecule has 4 heteroatoms. The van der Waals surface area contributed by atoms with Gasteiger partial charge in [-0.05, 0) is 24.6 Å². The normalized spacial score (nSPS) is 10.9. The van der Waals surface area contributed by atoms with Gasteiger partial charge in [0.2, 0.25) is 0 Å². The minimum Gasteiger partial charge on any atom is -0.330 e. The van der Waals surface area contributed by atoms with Crippen molar-refractivity contribution in [1.82, 2.24) is 15.0 Å². The van der Waals surface area contributed by atoms with E-state index < -0.39 is 0 Å². The Morgan fingerprint density at radius 2 is 2.23 bits per heavy atom. The lowest BCUT2D eigenvalue weighted by Gasteiger charge is -1.96. The van der Waals surface area contributed by atoms with Gasteiger partial charge in [0.05, 0.1) is 0 Å². The summed E-state index contributed by atoms with van der Waals surface area (Å²) in [5.74, 6) is 0. The van der Waals surface area contributed by atoms with E-state index in [1.807, 2.05) is 25.2 Å². The fourth-order valence-corrected chi connectivity index (χ4v) is 1.45. The summed E-state index contributed by atoms with van der Waals surface area (Å²) < 4.78 is 0. The van der Waals surface area contributed by atoms with Gasteiger partial charge in [-0.15, -0.1) is 0 Å². The predicted molar refractivity (Wildman–Crippen MR) is 51.3 cm³/mol. The zero-order valence-electron chi connectivity index (χ0n) is 7.57. The maximum Gasteiger partial charge on any atom is 0.116 e. The van der Waals surface area contributed by atoms with Crippen molar-refractivity contribution in [2.45, 2.75) is 6.42 Å². The van der Waals surface area contributed by atoms with Crippen molar-refractivity contribution in [3.05, 3.63) is 23.8 Å². The van der Waals surface area contributed by atoms with Gasteiger partial charge in [0.25, 0.3) is 0 Å². The summed E-state index contributed by atoms with van der Waals surface area (Å²) in [7, 11) is 1.83. The monoisotopic (exact) mass is 176 g/mol. The van der Waals surface area contributed by atoms with Gasteiger partial charge in [-0.2, -0.15) is 15.0 Å². The van der Waals surface area contributed by atoms with Gasteiger partial charge in [-0.1, -0.05) is 12.1 Å². The second-order valence-corrected chi connectivity index (χ2v) is 3.01. The van der Waals surface area contributed by atoms with Crippen LogP contribution in [0.2, 0.25) is 0 Å². The molecule has 1 aromatic carbocycles. The van der Waals surface area contributed by atoms with Gasteiger partial charge in [0, 0.05) is 7.05 Å². The van der Waals surface area contributed by atoms with Crippen molar-refractivity contribution < 1.29 is 0 Å². The molecule has 0 spiro atoms. The third-order valence-electron chi connectivity index (χ3n) is 2.01. The van der Waals surface area contributed by atoms with Crippen molar-refractivity contribution in [2.75, 3.05) is 6.54 Å². The summed E-state index contributed by atoms with van der Waals surface area (Å²) in [6.07, 6.45) is 0.857. The van der Waals surface area contributed by atoms with E-state index in [0.717, 1.165) is 17.5 Å². The first kappa shape index (κ1) is 8.19. The molecular weight excluding hydrogens is 164 g/mol. The molecule has 1 heterocycles. The maximum absolute atomic E-state index is 5.50. The summed E-state index contributed by atoms with van der Waals surface area (Å²) in [5, 5.41) is 8.50. The molecule has 0 unspecified atom stereocenters. The van der Waals surface area contributed by atoms with E-state index in [4.69, 9.17) is 5.73 Å². The van der Waals surface area contributed by atoms with Gasteiger partial charge in [0.1, 0.15) is 11.0 Å². The fraction of sp³-hybridized carbons (Fsp3) is 0.333. The molecule has 68 valence electrons. The Balaban J connectivity index is 2.60. The van der Waals surface area contributed by atoms with Crippen LogP contribution in [0.5, 0.6) is 0 Å². The SMILES string of the molecule is Cn1nc2cccc(CCN)c2n1. The van der Waals surface area contributed by atoms with Gasteiger partial charge >= 0.3 is 0 Å². The van der Waals surface area contributed by atoms with Crippen LogP contribution in [-0.4, -0.2) is 21.5 Å². The minimum atomic E-state index is 0.648. The topological polar surface area (TPSA) is 56.7 Å². The Kier molecular flexibility index (Phi) is 1.98. The predicted octanol–water partition coefficient (Wildman–Crippen LogP) is 0.470. The molecule has 0 fully saturated rings. The number of aryl methyl sites for hydroxylation is 1. The lowest BCUT2D eigenvalue weighted by molar-refractivity contribution is 0.664. The number of aromatic nitrogens is 3. The van der Waals surface area contributed by atoms with Crippen LogP contribution in [0.1, 0.15) is 5.56 Å². The number of nitrogens with two attached hydrogens (primary N) is 1. The Bertz CT molecular complexity index is 418. The minimum absolute atomic E-state index is 0.648. The van der Waals surface area contributed by atoms with Gasteiger partial charge in [0.15, 0.2) is 0 Å². The number of hydrogen-bond donors (Lipinski definition) is 1. The highest BCUT2D eigenvalue weighted by Crippen LogP contribution is 2.13. The molecule has 0 aliphatic rings. The number of fused-ring (bicyclic) bond motifs is 1. The molecule has 0 atom stereocenters. The lowest BCUT2D eigenvalue weighted by Crippen LogP contribution is -2.03. The first-order valence-corrected chi connectivity index (χ1v) is 4.30. The summed E-state index contributed by atoms with van der Waals surface area (Å²) in [6.45, 7) is 0.648. The molecule has 0 amide bonds. The van der Waals surface area contributed by atoms with E-state index >= 15 is 0 Å². The second-order valence-electron chi connectivity index (χ2n) is 3.01. The smallest absolute Gasteiger partial charge is 0.116 e. The van der Waals surface area contributed by atoms with E-state index in [0.29, 0.717) is 6.54 Å². The molecule has 2 N–H and O–H groups in total. The molecule has 0 saturated heterocycles. The largest absolute Gasteiger partial charge is 0.330 e.